The summed E-state index contributed by atoms with van der Waals surface area (Å²) in [6.45, 7) is 3.54. The van der Waals surface area contributed by atoms with E-state index >= 15 is 0 Å². The average molecular weight is 158 g/mol. The zero-order valence-electron chi connectivity index (χ0n) is 6.40. The van der Waals surface area contributed by atoms with Gasteiger partial charge in [-0.3, -0.25) is 9.22 Å². The van der Waals surface area contributed by atoms with Crippen molar-refractivity contribution >= 4 is 0 Å². The fraction of sp³-hybridized carbons (Fsp3) is 1.00. The Labute approximate surface area is 64.6 Å². The predicted octanol–water partition coefficient (Wildman–Crippen LogP) is -1.38. The molecule has 4 heteroatoms. The molecule has 3 heterocycles. The third kappa shape index (κ3) is 0.471. The van der Waals surface area contributed by atoms with Crippen LogP contribution in [0.3, 0.4) is 0 Å². The van der Waals surface area contributed by atoms with Gasteiger partial charge >= 0.3 is 6.41 Å². The highest BCUT2D eigenvalue weighted by atomic mass is 16.7. The van der Waals surface area contributed by atoms with Gasteiger partial charge in [0.2, 0.25) is 0 Å². The van der Waals surface area contributed by atoms with Crippen molar-refractivity contribution in [1.29, 1.82) is 0 Å². The molecule has 0 amide bonds. The van der Waals surface area contributed by atoms with Gasteiger partial charge in [-0.25, -0.2) is 0 Å². The molecule has 3 saturated heterocycles. The van der Waals surface area contributed by atoms with Crippen molar-refractivity contribution in [2.75, 3.05) is 13.1 Å². The number of rotatable bonds is 0. The Morgan fingerprint density at radius 1 is 1.55 bits per heavy atom. The van der Waals surface area contributed by atoms with Crippen molar-refractivity contribution in [2.24, 2.45) is 0 Å². The van der Waals surface area contributed by atoms with Crippen LogP contribution < -0.4 is 0 Å². The molecule has 0 saturated carbocycles. The first-order chi connectivity index (χ1) is 5.08. The van der Waals surface area contributed by atoms with Gasteiger partial charge in [-0.1, -0.05) is 0 Å². The van der Waals surface area contributed by atoms with Crippen molar-refractivity contribution in [1.82, 2.24) is 0 Å². The molecule has 11 heavy (non-hydrogen) atoms. The zero-order valence-corrected chi connectivity index (χ0v) is 6.40. The summed E-state index contributed by atoms with van der Waals surface area (Å²) in [5.41, 5.74) is -0.470. The molecule has 5 atom stereocenters. The number of fused-ring (bicyclic) bond motifs is 1. The van der Waals surface area contributed by atoms with E-state index in [1.807, 2.05) is 6.92 Å². The lowest BCUT2D eigenvalue weighted by atomic mass is 9.99. The molecule has 0 radical (unpaired) electrons. The van der Waals surface area contributed by atoms with E-state index in [-0.39, 0.29) is 12.1 Å². The molecule has 3 aliphatic heterocycles. The Hall–Kier alpha value is -0.160. The largest absolute Gasteiger partial charge is 0.383 e. The number of quaternary nitrogens is 1. The molecule has 4 nitrogen and oxygen atoms in total. The third-order valence-electron chi connectivity index (χ3n) is 3.47. The smallest absolute Gasteiger partial charge is 0.308 e. The number of ether oxygens (including phenoxy) is 1. The summed E-state index contributed by atoms with van der Waals surface area (Å²) in [7, 11) is 0. The van der Waals surface area contributed by atoms with E-state index in [2.05, 4.69) is 0 Å². The van der Waals surface area contributed by atoms with Crippen LogP contribution >= 0.6 is 0 Å². The van der Waals surface area contributed by atoms with Gasteiger partial charge in [0.05, 0.1) is 0 Å². The molecule has 0 aromatic carbocycles. The van der Waals surface area contributed by atoms with Gasteiger partial charge in [-0.15, -0.1) is 0 Å². The summed E-state index contributed by atoms with van der Waals surface area (Å²) < 4.78 is 5.88. The second kappa shape index (κ2) is 1.35. The fourth-order valence-electron chi connectivity index (χ4n) is 2.73. The van der Waals surface area contributed by atoms with Crippen molar-refractivity contribution in [3.05, 3.63) is 0 Å². The monoisotopic (exact) mass is 158 g/mol. The highest BCUT2D eigenvalue weighted by Crippen LogP contribution is 2.55. The van der Waals surface area contributed by atoms with E-state index in [0.29, 0.717) is 4.48 Å². The first kappa shape index (κ1) is 6.37. The van der Waals surface area contributed by atoms with Crippen LogP contribution in [0.25, 0.3) is 0 Å². The molecular formula is C7H12NO3+. The van der Waals surface area contributed by atoms with E-state index in [1.165, 1.54) is 0 Å². The second-order valence-electron chi connectivity index (χ2n) is 4.21. The lowest BCUT2D eigenvalue weighted by Gasteiger charge is -2.23. The molecule has 62 valence electrons. The zero-order chi connectivity index (χ0) is 7.85. The first-order valence-electron chi connectivity index (χ1n) is 3.99. The normalized spacial score (nSPS) is 71.7. The van der Waals surface area contributed by atoms with Gasteiger partial charge < -0.3 is 10.2 Å². The highest BCUT2D eigenvalue weighted by Gasteiger charge is 2.81. The van der Waals surface area contributed by atoms with Gasteiger partial charge in [-0.05, 0) is 6.92 Å². The van der Waals surface area contributed by atoms with E-state index in [4.69, 9.17) is 4.74 Å². The molecule has 3 fully saturated rings. The Morgan fingerprint density at radius 2 is 2.27 bits per heavy atom. The molecule has 0 aromatic heterocycles. The number of hydrogen-bond donors (Lipinski definition) is 2. The maximum absolute atomic E-state index is 9.65. The Balaban J connectivity index is 2.05. The maximum Gasteiger partial charge on any atom is 0.308 e. The van der Waals surface area contributed by atoms with E-state index in [1.54, 1.807) is 0 Å². The molecule has 0 aliphatic carbocycles. The van der Waals surface area contributed by atoms with Crippen LogP contribution in [0, 0.1) is 0 Å². The summed E-state index contributed by atoms with van der Waals surface area (Å²) in [5, 5.41) is 19.1. The molecule has 0 aromatic rings. The van der Waals surface area contributed by atoms with Gasteiger partial charge in [0, 0.05) is 0 Å². The third-order valence-corrected chi connectivity index (χ3v) is 3.47. The summed E-state index contributed by atoms with van der Waals surface area (Å²) in [4.78, 5) is 0. The number of hydrogen-bond acceptors (Lipinski definition) is 3. The van der Waals surface area contributed by atoms with E-state index < -0.39 is 12.0 Å². The second-order valence-corrected chi connectivity index (χ2v) is 4.21. The molecule has 5 unspecified atom stereocenters. The van der Waals surface area contributed by atoms with Gasteiger partial charge in [0.25, 0.3) is 0 Å². The van der Waals surface area contributed by atoms with Gasteiger partial charge in [-0.2, -0.15) is 0 Å². The van der Waals surface area contributed by atoms with Crippen molar-refractivity contribution in [3.63, 3.8) is 0 Å². The molecule has 3 aliphatic rings. The number of nitrogens with zero attached hydrogens (tertiary/aromatic N) is 1. The molecule has 2 N–H and O–H groups in total. The summed E-state index contributed by atoms with van der Waals surface area (Å²) in [6.07, 6.45) is -1.04. The van der Waals surface area contributed by atoms with Crippen LogP contribution in [0.15, 0.2) is 0 Å². The van der Waals surface area contributed by atoms with Crippen molar-refractivity contribution in [3.8, 4) is 0 Å². The molecule has 1 spiro atoms. The Morgan fingerprint density at radius 3 is 2.73 bits per heavy atom. The van der Waals surface area contributed by atoms with E-state index in [9.17, 15) is 10.2 Å². The standard InChI is InChI=1S/C7H12NO3/c1-7-3-8(6(10)11-7)2-4(8)5(7)9/h4-6,9-10H,2-3H2,1H3/q+1. The number of aliphatic hydroxyl groups is 2. The minimum Gasteiger partial charge on any atom is -0.383 e. The summed E-state index contributed by atoms with van der Waals surface area (Å²) in [6, 6.07) is 0.253. The molecule has 3 rings (SSSR count). The lowest BCUT2D eigenvalue weighted by Crippen LogP contribution is -2.45. The summed E-state index contributed by atoms with van der Waals surface area (Å²) >= 11 is 0. The minimum atomic E-state index is -0.673. The van der Waals surface area contributed by atoms with Gasteiger partial charge in [0.15, 0.2) is 11.6 Å². The summed E-state index contributed by atoms with van der Waals surface area (Å²) in [5.74, 6) is 0. The Bertz CT molecular complexity index is 234. The average Bonchev–Trinajstić information content (AvgIpc) is 2.49. The quantitative estimate of drug-likeness (QED) is 0.337. The van der Waals surface area contributed by atoms with Crippen LogP contribution in [0.5, 0.6) is 0 Å². The number of aliphatic hydroxyl groups excluding tert-OH is 2. The topological polar surface area (TPSA) is 49.7 Å². The highest BCUT2D eigenvalue weighted by molar-refractivity contribution is 5.06. The Kier molecular flexibility index (Phi) is 0.783. The lowest BCUT2D eigenvalue weighted by molar-refractivity contribution is -0.867. The van der Waals surface area contributed by atoms with Crippen LogP contribution in [0.1, 0.15) is 6.92 Å². The van der Waals surface area contributed by atoms with Gasteiger partial charge in [0.1, 0.15) is 19.2 Å². The van der Waals surface area contributed by atoms with Crippen LogP contribution in [-0.4, -0.2) is 51.9 Å². The van der Waals surface area contributed by atoms with Crippen molar-refractivity contribution in [2.45, 2.75) is 31.1 Å². The maximum atomic E-state index is 9.65. The van der Waals surface area contributed by atoms with Crippen LogP contribution in [0.4, 0.5) is 0 Å². The number of piperidine rings is 1. The first-order valence-corrected chi connectivity index (χ1v) is 3.99. The fourth-order valence-corrected chi connectivity index (χ4v) is 2.73. The molecular weight excluding hydrogens is 146 g/mol. The minimum absolute atomic E-state index is 0.253. The predicted molar refractivity (Wildman–Crippen MR) is 35.3 cm³/mol. The van der Waals surface area contributed by atoms with Crippen LogP contribution in [0.2, 0.25) is 0 Å². The van der Waals surface area contributed by atoms with Crippen LogP contribution in [-0.2, 0) is 4.74 Å². The molecule has 2 bridgehead atoms. The van der Waals surface area contributed by atoms with E-state index in [0.717, 1.165) is 13.1 Å². The SMILES string of the molecule is CC12C[N+]3(CC3C1O)C(O)O2. The van der Waals surface area contributed by atoms with Crippen molar-refractivity contribution < 1.29 is 19.4 Å².